The zero-order valence-corrected chi connectivity index (χ0v) is 9.93. The average Bonchev–Trinajstić information content (AvgIpc) is 2.89. The number of carboxylic acids is 1. The Morgan fingerprint density at radius 3 is 2.93 bits per heavy atom. The van der Waals surface area contributed by atoms with Gasteiger partial charge in [-0.2, -0.15) is 5.10 Å². The molecule has 0 aliphatic heterocycles. The van der Waals surface area contributed by atoms with Crippen LogP contribution in [-0.2, 0) is 4.79 Å². The fraction of sp³-hybridized carbons (Fsp3) is 0.556. The molecule has 0 radical (unpaired) electrons. The predicted molar refractivity (Wildman–Crippen MR) is 59.3 cm³/mol. The van der Waals surface area contributed by atoms with Gasteiger partial charge < -0.3 is 5.11 Å². The molecule has 0 bridgehead atoms. The quantitative estimate of drug-likeness (QED) is 0.869. The lowest BCUT2D eigenvalue weighted by Crippen LogP contribution is -2.16. The summed E-state index contributed by atoms with van der Waals surface area (Å²) in [5.74, 6) is -0.268. The van der Waals surface area contributed by atoms with Crippen molar-refractivity contribution >= 4 is 28.6 Å². The Morgan fingerprint density at radius 1 is 1.79 bits per heavy atom. The second kappa shape index (κ2) is 3.52. The molecule has 0 spiro atoms. The minimum Gasteiger partial charge on any atom is -0.480 e. The predicted octanol–water partition coefficient (Wildman–Crippen LogP) is 2.01. The van der Waals surface area contributed by atoms with Crippen LogP contribution in [0, 0.1) is 3.57 Å². The number of rotatable bonds is 3. The molecule has 1 saturated carbocycles. The molecule has 1 aliphatic rings. The van der Waals surface area contributed by atoms with Crippen molar-refractivity contribution in [2.45, 2.75) is 31.7 Å². The fourth-order valence-corrected chi connectivity index (χ4v) is 2.16. The van der Waals surface area contributed by atoms with Crippen molar-refractivity contribution in [1.29, 1.82) is 0 Å². The van der Waals surface area contributed by atoms with Gasteiger partial charge in [0.05, 0.1) is 9.26 Å². The molecule has 2 rings (SSSR count). The summed E-state index contributed by atoms with van der Waals surface area (Å²) in [5, 5.41) is 13.1. The standard InChI is InChI=1S/C9H11IN2O2/c1-5(9(13)14)12-4-7(10)8(11-12)6-2-3-6/h4-6H,2-3H2,1H3,(H,13,14)/t5-/m1/s1. The molecule has 1 aliphatic carbocycles. The van der Waals surface area contributed by atoms with Crippen LogP contribution in [0.25, 0.3) is 0 Å². The number of hydrogen-bond donors (Lipinski definition) is 1. The molecule has 1 N–H and O–H groups in total. The van der Waals surface area contributed by atoms with Crippen molar-refractivity contribution in [1.82, 2.24) is 9.78 Å². The van der Waals surface area contributed by atoms with Gasteiger partial charge >= 0.3 is 5.97 Å². The van der Waals surface area contributed by atoms with Gasteiger partial charge in [-0.3, -0.25) is 4.68 Å². The van der Waals surface area contributed by atoms with Crippen molar-refractivity contribution in [3.63, 3.8) is 0 Å². The highest BCUT2D eigenvalue weighted by Crippen LogP contribution is 2.41. The highest BCUT2D eigenvalue weighted by atomic mass is 127. The van der Waals surface area contributed by atoms with E-state index in [9.17, 15) is 4.79 Å². The number of hydrogen-bond acceptors (Lipinski definition) is 2. The number of aliphatic carboxylic acids is 1. The summed E-state index contributed by atoms with van der Waals surface area (Å²) in [4.78, 5) is 10.7. The van der Waals surface area contributed by atoms with Gasteiger partial charge in [0.25, 0.3) is 0 Å². The Bertz CT molecular complexity index is 371. The van der Waals surface area contributed by atoms with Crippen LogP contribution >= 0.6 is 22.6 Å². The van der Waals surface area contributed by atoms with E-state index >= 15 is 0 Å². The van der Waals surface area contributed by atoms with E-state index in [-0.39, 0.29) is 0 Å². The first-order valence-corrected chi connectivity index (χ1v) is 5.65. The highest BCUT2D eigenvalue weighted by molar-refractivity contribution is 14.1. The summed E-state index contributed by atoms with van der Waals surface area (Å²) in [7, 11) is 0. The number of carboxylic acid groups (broad SMARTS) is 1. The number of aromatic nitrogens is 2. The first-order chi connectivity index (χ1) is 6.59. The van der Waals surface area contributed by atoms with Gasteiger partial charge in [-0.25, -0.2) is 4.79 Å². The molecule has 1 aromatic rings. The van der Waals surface area contributed by atoms with Gasteiger partial charge in [0.15, 0.2) is 0 Å². The Balaban J connectivity index is 2.27. The second-order valence-electron chi connectivity index (χ2n) is 3.63. The van der Waals surface area contributed by atoms with Crippen molar-refractivity contribution < 1.29 is 9.90 Å². The van der Waals surface area contributed by atoms with Gasteiger partial charge in [0.2, 0.25) is 0 Å². The molecule has 5 heteroatoms. The molecule has 0 saturated heterocycles. The van der Waals surface area contributed by atoms with E-state index in [1.165, 1.54) is 17.5 Å². The molecule has 0 amide bonds. The smallest absolute Gasteiger partial charge is 0.328 e. The van der Waals surface area contributed by atoms with Gasteiger partial charge in [0.1, 0.15) is 6.04 Å². The normalized spacial score (nSPS) is 18.1. The van der Waals surface area contributed by atoms with Crippen LogP contribution in [0.5, 0.6) is 0 Å². The SMILES string of the molecule is C[C@H](C(=O)O)n1cc(I)c(C2CC2)n1. The van der Waals surface area contributed by atoms with Crippen LogP contribution in [0.2, 0.25) is 0 Å². The van der Waals surface area contributed by atoms with Crippen molar-refractivity contribution in [2.75, 3.05) is 0 Å². The summed E-state index contributed by atoms with van der Waals surface area (Å²) < 4.78 is 2.62. The monoisotopic (exact) mass is 306 g/mol. The van der Waals surface area contributed by atoms with Crippen molar-refractivity contribution in [3.8, 4) is 0 Å². The van der Waals surface area contributed by atoms with E-state index in [4.69, 9.17) is 5.11 Å². The number of halogens is 1. The number of carbonyl (C=O) groups is 1. The first kappa shape index (κ1) is 9.95. The highest BCUT2D eigenvalue weighted by Gasteiger charge is 2.29. The fourth-order valence-electron chi connectivity index (χ4n) is 1.33. The van der Waals surface area contributed by atoms with Crippen LogP contribution in [0.15, 0.2) is 6.20 Å². The van der Waals surface area contributed by atoms with Crippen LogP contribution in [0.4, 0.5) is 0 Å². The number of nitrogens with zero attached hydrogens (tertiary/aromatic N) is 2. The maximum atomic E-state index is 10.7. The Labute approximate surface area is 95.4 Å². The zero-order chi connectivity index (χ0) is 10.3. The molecule has 1 heterocycles. The van der Waals surface area contributed by atoms with Crippen molar-refractivity contribution in [3.05, 3.63) is 15.5 Å². The molecule has 0 aromatic carbocycles. The zero-order valence-electron chi connectivity index (χ0n) is 7.77. The second-order valence-corrected chi connectivity index (χ2v) is 4.79. The summed E-state index contributed by atoms with van der Waals surface area (Å²) >= 11 is 2.22. The van der Waals surface area contributed by atoms with Crippen molar-refractivity contribution in [2.24, 2.45) is 0 Å². The maximum Gasteiger partial charge on any atom is 0.328 e. The molecule has 4 nitrogen and oxygen atoms in total. The average molecular weight is 306 g/mol. The first-order valence-electron chi connectivity index (χ1n) is 4.57. The molecular weight excluding hydrogens is 295 g/mol. The van der Waals surface area contributed by atoms with Gasteiger partial charge in [-0.05, 0) is 42.4 Å². The molecule has 1 aromatic heterocycles. The van der Waals surface area contributed by atoms with Crippen LogP contribution < -0.4 is 0 Å². The Hall–Kier alpha value is -0.590. The van der Waals surface area contributed by atoms with E-state index in [1.807, 2.05) is 6.20 Å². The van der Waals surface area contributed by atoms with Crippen LogP contribution in [-0.4, -0.2) is 20.9 Å². The molecular formula is C9H11IN2O2. The lowest BCUT2D eigenvalue weighted by molar-refractivity contribution is -0.140. The molecule has 14 heavy (non-hydrogen) atoms. The lowest BCUT2D eigenvalue weighted by Gasteiger charge is -2.05. The molecule has 0 unspecified atom stereocenters. The third-order valence-electron chi connectivity index (χ3n) is 2.43. The minimum atomic E-state index is -0.841. The van der Waals surface area contributed by atoms with Gasteiger partial charge in [-0.1, -0.05) is 0 Å². The molecule has 1 fully saturated rings. The van der Waals surface area contributed by atoms with E-state index in [0.717, 1.165) is 9.26 Å². The lowest BCUT2D eigenvalue weighted by atomic mass is 10.3. The molecule has 1 atom stereocenters. The summed E-state index contributed by atoms with van der Waals surface area (Å²) in [6.45, 7) is 1.64. The van der Waals surface area contributed by atoms with Crippen LogP contribution in [0.3, 0.4) is 0 Å². The van der Waals surface area contributed by atoms with E-state index in [1.54, 1.807) is 6.92 Å². The Kier molecular flexibility index (Phi) is 2.50. The van der Waals surface area contributed by atoms with Gasteiger partial charge in [0, 0.05) is 12.1 Å². The largest absolute Gasteiger partial charge is 0.480 e. The van der Waals surface area contributed by atoms with Crippen LogP contribution in [0.1, 0.15) is 37.4 Å². The third-order valence-corrected chi connectivity index (χ3v) is 3.26. The van der Waals surface area contributed by atoms with Gasteiger partial charge in [-0.15, -0.1) is 0 Å². The summed E-state index contributed by atoms with van der Waals surface area (Å²) in [5.41, 5.74) is 1.07. The summed E-state index contributed by atoms with van der Waals surface area (Å²) in [6.07, 6.45) is 4.19. The third kappa shape index (κ3) is 1.77. The molecule has 76 valence electrons. The Morgan fingerprint density at radius 2 is 2.43 bits per heavy atom. The van der Waals surface area contributed by atoms with E-state index < -0.39 is 12.0 Å². The maximum absolute atomic E-state index is 10.7. The van der Waals surface area contributed by atoms with E-state index in [2.05, 4.69) is 27.7 Å². The summed E-state index contributed by atoms with van der Waals surface area (Å²) in [6, 6.07) is -0.573. The van der Waals surface area contributed by atoms with E-state index in [0.29, 0.717) is 5.92 Å². The minimum absolute atomic E-state index is 0.573. The topological polar surface area (TPSA) is 55.1 Å².